The number of fused-ring (bicyclic) bond motifs is 1. The Kier molecular flexibility index (Phi) is 6.88. The van der Waals surface area contributed by atoms with Crippen molar-refractivity contribution in [2.45, 2.75) is 25.3 Å². The maximum atomic E-state index is 12.0. The summed E-state index contributed by atoms with van der Waals surface area (Å²) in [5.41, 5.74) is 4.60. The highest BCUT2D eigenvalue weighted by atomic mass is 16.1. The number of carbonyl (C=O) groups excluding carboxylic acids is 1. The topological polar surface area (TPSA) is 68.8 Å². The normalized spacial score (nSPS) is 17.5. The summed E-state index contributed by atoms with van der Waals surface area (Å²) in [4.78, 5) is 18.6. The molecule has 1 aliphatic rings. The van der Waals surface area contributed by atoms with Crippen molar-refractivity contribution in [3.63, 3.8) is 0 Å². The predicted octanol–water partition coefficient (Wildman–Crippen LogP) is 2.89. The van der Waals surface area contributed by atoms with Gasteiger partial charge in [-0.2, -0.15) is 0 Å². The molecule has 2 atom stereocenters. The van der Waals surface area contributed by atoms with Crippen molar-refractivity contribution in [3.8, 4) is 0 Å². The number of benzene rings is 2. The second-order valence-corrected chi connectivity index (χ2v) is 7.76. The SMILES string of the molecule is CN=C(NCC1CC(=O)Nc2ccccc21)NCC(c1ccc(C)cc1)N(C)C. The first-order valence-corrected chi connectivity index (χ1v) is 10.0. The molecule has 154 valence electrons. The van der Waals surface area contributed by atoms with E-state index in [9.17, 15) is 4.79 Å². The summed E-state index contributed by atoms with van der Waals surface area (Å²) >= 11 is 0. The summed E-state index contributed by atoms with van der Waals surface area (Å²) in [6.45, 7) is 3.49. The Labute approximate surface area is 173 Å². The Hall–Kier alpha value is -2.86. The first kappa shape index (κ1) is 20.9. The summed E-state index contributed by atoms with van der Waals surface area (Å²) in [7, 11) is 5.94. The van der Waals surface area contributed by atoms with Crippen LogP contribution in [0, 0.1) is 6.92 Å². The molecule has 0 fully saturated rings. The van der Waals surface area contributed by atoms with Crippen LogP contribution in [-0.2, 0) is 4.79 Å². The van der Waals surface area contributed by atoms with Crippen molar-refractivity contribution < 1.29 is 4.79 Å². The minimum atomic E-state index is 0.0606. The molecular weight excluding hydrogens is 362 g/mol. The average molecular weight is 394 g/mol. The van der Waals surface area contributed by atoms with Gasteiger partial charge in [-0.3, -0.25) is 9.79 Å². The molecule has 2 aromatic carbocycles. The van der Waals surface area contributed by atoms with Gasteiger partial charge in [-0.15, -0.1) is 0 Å². The van der Waals surface area contributed by atoms with Crippen molar-refractivity contribution in [3.05, 3.63) is 65.2 Å². The fourth-order valence-electron chi connectivity index (χ4n) is 3.70. The molecule has 0 radical (unpaired) electrons. The highest BCUT2D eigenvalue weighted by Crippen LogP contribution is 2.31. The van der Waals surface area contributed by atoms with E-state index in [1.165, 1.54) is 16.7 Å². The van der Waals surface area contributed by atoms with Crippen LogP contribution in [0.1, 0.15) is 35.1 Å². The van der Waals surface area contributed by atoms with Crippen molar-refractivity contribution in [2.75, 3.05) is 39.5 Å². The molecule has 1 aliphatic heterocycles. The molecule has 29 heavy (non-hydrogen) atoms. The number of para-hydroxylation sites is 1. The molecule has 1 amide bonds. The maximum Gasteiger partial charge on any atom is 0.225 e. The van der Waals surface area contributed by atoms with E-state index in [0.717, 1.165) is 18.2 Å². The molecule has 3 rings (SSSR count). The lowest BCUT2D eigenvalue weighted by Gasteiger charge is -2.28. The van der Waals surface area contributed by atoms with Crippen molar-refractivity contribution >= 4 is 17.6 Å². The van der Waals surface area contributed by atoms with Gasteiger partial charge in [-0.25, -0.2) is 0 Å². The number of hydrogen-bond donors (Lipinski definition) is 3. The molecule has 3 N–H and O–H groups in total. The fourth-order valence-corrected chi connectivity index (χ4v) is 3.70. The van der Waals surface area contributed by atoms with Crippen LogP contribution in [0.5, 0.6) is 0 Å². The van der Waals surface area contributed by atoms with Crippen LogP contribution in [0.4, 0.5) is 5.69 Å². The fraction of sp³-hybridized carbons (Fsp3) is 0.391. The van der Waals surface area contributed by atoms with E-state index in [1.54, 1.807) is 7.05 Å². The van der Waals surface area contributed by atoms with Gasteiger partial charge in [0, 0.05) is 38.2 Å². The second-order valence-electron chi connectivity index (χ2n) is 7.76. The summed E-state index contributed by atoms with van der Waals surface area (Å²) in [6, 6.07) is 16.9. The van der Waals surface area contributed by atoms with Crippen LogP contribution < -0.4 is 16.0 Å². The molecule has 6 nitrogen and oxygen atoms in total. The van der Waals surface area contributed by atoms with Crippen molar-refractivity contribution in [2.24, 2.45) is 4.99 Å². The minimum absolute atomic E-state index is 0.0606. The van der Waals surface area contributed by atoms with Gasteiger partial charge in [-0.1, -0.05) is 48.0 Å². The monoisotopic (exact) mass is 393 g/mol. The zero-order valence-corrected chi connectivity index (χ0v) is 17.7. The molecule has 2 unspecified atom stereocenters. The molecule has 0 aromatic heterocycles. The van der Waals surface area contributed by atoms with E-state index < -0.39 is 0 Å². The lowest BCUT2D eigenvalue weighted by Crippen LogP contribution is -2.43. The third kappa shape index (κ3) is 5.35. The molecule has 0 aliphatic carbocycles. The van der Waals surface area contributed by atoms with E-state index >= 15 is 0 Å². The number of carbonyl (C=O) groups is 1. The van der Waals surface area contributed by atoms with Crippen LogP contribution in [0.2, 0.25) is 0 Å². The van der Waals surface area contributed by atoms with E-state index in [1.807, 2.05) is 18.2 Å². The van der Waals surface area contributed by atoms with Gasteiger partial charge >= 0.3 is 0 Å². The zero-order valence-electron chi connectivity index (χ0n) is 17.7. The number of nitrogens with zero attached hydrogens (tertiary/aromatic N) is 2. The summed E-state index contributed by atoms with van der Waals surface area (Å²) in [5, 5.41) is 9.78. The lowest BCUT2D eigenvalue weighted by atomic mass is 9.90. The largest absolute Gasteiger partial charge is 0.356 e. The standard InChI is InChI=1S/C23H31N5O/c1-16-9-11-17(12-10-16)21(28(3)4)15-26-23(24-2)25-14-18-13-22(29)27-20-8-6-5-7-19(18)20/h5-12,18,21H,13-15H2,1-4H3,(H,27,29)(H2,24,25,26). The highest BCUT2D eigenvalue weighted by molar-refractivity contribution is 5.94. The van der Waals surface area contributed by atoms with Crippen LogP contribution in [0.3, 0.4) is 0 Å². The second kappa shape index (κ2) is 9.56. The molecule has 0 spiro atoms. The number of amides is 1. The Morgan fingerprint density at radius 3 is 2.59 bits per heavy atom. The van der Waals surface area contributed by atoms with Gasteiger partial charge in [0.15, 0.2) is 5.96 Å². The molecule has 0 bridgehead atoms. The average Bonchev–Trinajstić information content (AvgIpc) is 2.71. The molecule has 0 saturated heterocycles. The van der Waals surface area contributed by atoms with Gasteiger partial charge in [0.05, 0.1) is 6.04 Å². The predicted molar refractivity (Wildman–Crippen MR) is 119 cm³/mol. The quantitative estimate of drug-likeness (QED) is 0.521. The van der Waals surface area contributed by atoms with Crippen LogP contribution in [-0.4, -0.2) is 51.0 Å². The third-order valence-electron chi connectivity index (χ3n) is 5.39. The highest BCUT2D eigenvalue weighted by Gasteiger charge is 2.25. The Morgan fingerprint density at radius 1 is 1.17 bits per heavy atom. The van der Waals surface area contributed by atoms with E-state index in [0.29, 0.717) is 13.0 Å². The van der Waals surface area contributed by atoms with Crippen molar-refractivity contribution in [1.82, 2.24) is 15.5 Å². The van der Waals surface area contributed by atoms with Crippen molar-refractivity contribution in [1.29, 1.82) is 0 Å². The first-order chi connectivity index (χ1) is 14.0. The molecule has 0 saturated carbocycles. The van der Waals surface area contributed by atoms with Crippen LogP contribution in [0.15, 0.2) is 53.5 Å². The zero-order chi connectivity index (χ0) is 20.8. The number of hydrogen-bond acceptors (Lipinski definition) is 3. The van der Waals surface area contributed by atoms with Gasteiger partial charge in [0.1, 0.15) is 0 Å². The van der Waals surface area contributed by atoms with Gasteiger partial charge in [0.2, 0.25) is 5.91 Å². The molecular formula is C23H31N5O. The Balaban J connectivity index is 1.61. The number of rotatable bonds is 6. The Bertz CT molecular complexity index is 860. The lowest BCUT2D eigenvalue weighted by molar-refractivity contribution is -0.116. The Morgan fingerprint density at radius 2 is 1.90 bits per heavy atom. The summed E-state index contributed by atoms with van der Waals surface area (Å²) in [6.07, 6.45) is 0.477. The smallest absolute Gasteiger partial charge is 0.225 e. The van der Waals surface area contributed by atoms with Gasteiger partial charge in [-0.05, 0) is 38.2 Å². The number of aryl methyl sites for hydroxylation is 1. The van der Waals surface area contributed by atoms with Gasteiger partial charge in [0.25, 0.3) is 0 Å². The number of aliphatic imine (C=N–C) groups is 1. The molecule has 2 aromatic rings. The number of anilines is 1. The van der Waals surface area contributed by atoms with E-state index in [4.69, 9.17) is 0 Å². The number of nitrogens with one attached hydrogen (secondary N) is 3. The molecule has 6 heteroatoms. The maximum absolute atomic E-state index is 12.0. The summed E-state index contributed by atoms with van der Waals surface area (Å²) < 4.78 is 0. The third-order valence-corrected chi connectivity index (χ3v) is 5.39. The number of guanidine groups is 1. The minimum Gasteiger partial charge on any atom is -0.356 e. The van der Waals surface area contributed by atoms with Crippen LogP contribution >= 0.6 is 0 Å². The summed E-state index contributed by atoms with van der Waals surface area (Å²) in [5.74, 6) is 0.929. The van der Waals surface area contributed by atoms with E-state index in [2.05, 4.69) is 77.2 Å². The van der Waals surface area contributed by atoms with Crippen LogP contribution in [0.25, 0.3) is 0 Å². The van der Waals surface area contributed by atoms with Gasteiger partial charge < -0.3 is 20.9 Å². The molecule has 1 heterocycles. The number of likely N-dealkylation sites (N-methyl/N-ethyl adjacent to an activating group) is 1. The van der Waals surface area contributed by atoms with E-state index in [-0.39, 0.29) is 17.9 Å². The first-order valence-electron chi connectivity index (χ1n) is 10.0.